The Morgan fingerprint density at radius 1 is 1.30 bits per heavy atom. The van der Waals surface area contributed by atoms with Crippen LogP contribution in [0.2, 0.25) is 0 Å². The standard InChI is InChI=1S/C26H28O4/c1-3-29-26(28)22-17(2)16-21-24(23(22)19-13-7-8-14-19)25(27)20(30-21)15-9-12-18-10-5-4-6-11-18/h4-6,10-13,15,17,22-23,27H,3,7-8,14,16H2,1-2H3. The van der Waals surface area contributed by atoms with E-state index in [0.717, 1.165) is 36.1 Å². The topological polar surface area (TPSA) is 59.7 Å². The van der Waals surface area contributed by atoms with E-state index in [1.165, 1.54) is 5.57 Å². The lowest BCUT2D eigenvalue weighted by molar-refractivity contribution is -0.150. The number of hydrogen-bond donors (Lipinski definition) is 1. The Morgan fingerprint density at radius 2 is 2.10 bits per heavy atom. The Balaban J connectivity index is 1.74. The van der Waals surface area contributed by atoms with Crippen molar-refractivity contribution in [1.29, 1.82) is 0 Å². The molecule has 3 atom stereocenters. The summed E-state index contributed by atoms with van der Waals surface area (Å²) in [7, 11) is 0. The lowest BCUT2D eigenvalue weighted by Gasteiger charge is -2.35. The summed E-state index contributed by atoms with van der Waals surface area (Å²) >= 11 is 0. The molecule has 0 spiro atoms. The third-order valence-corrected chi connectivity index (χ3v) is 6.11. The van der Waals surface area contributed by atoms with Crippen molar-refractivity contribution in [3.63, 3.8) is 0 Å². The number of aromatic hydroxyl groups is 1. The number of rotatable bonds is 5. The smallest absolute Gasteiger partial charge is 0.310 e. The maximum absolute atomic E-state index is 12.8. The summed E-state index contributed by atoms with van der Waals surface area (Å²) in [6.45, 7) is 4.26. The minimum atomic E-state index is -0.304. The number of ether oxygens (including phenoxy) is 1. The summed E-state index contributed by atoms with van der Waals surface area (Å²) in [5.74, 6) is 0.688. The third kappa shape index (κ3) is 3.88. The Morgan fingerprint density at radius 3 is 2.80 bits per heavy atom. The van der Waals surface area contributed by atoms with E-state index in [-0.39, 0.29) is 29.5 Å². The second-order valence-electron chi connectivity index (χ2n) is 8.13. The summed E-state index contributed by atoms with van der Waals surface area (Å²) in [4.78, 5) is 12.8. The summed E-state index contributed by atoms with van der Waals surface area (Å²) in [6, 6.07) is 9.87. The van der Waals surface area contributed by atoms with Gasteiger partial charge in [-0.3, -0.25) is 4.79 Å². The van der Waals surface area contributed by atoms with Crippen molar-refractivity contribution in [2.45, 2.75) is 45.4 Å². The number of carbonyl (C=O) groups excluding carboxylic acids is 1. The zero-order valence-electron chi connectivity index (χ0n) is 17.6. The third-order valence-electron chi connectivity index (χ3n) is 6.11. The highest BCUT2D eigenvalue weighted by Crippen LogP contribution is 2.52. The molecule has 0 saturated heterocycles. The highest BCUT2D eigenvalue weighted by molar-refractivity contribution is 5.77. The van der Waals surface area contributed by atoms with Crippen LogP contribution in [0.15, 0.2) is 52.1 Å². The molecule has 2 aliphatic rings. The maximum Gasteiger partial charge on any atom is 0.310 e. The van der Waals surface area contributed by atoms with Gasteiger partial charge in [-0.25, -0.2) is 0 Å². The number of allylic oxidation sites excluding steroid dienone is 2. The second kappa shape index (κ2) is 8.81. The molecular weight excluding hydrogens is 376 g/mol. The van der Waals surface area contributed by atoms with Crippen LogP contribution in [0, 0.1) is 11.8 Å². The molecule has 2 aliphatic carbocycles. The van der Waals surface area contributed by atoms with Crippen LogP contribution in [-0.4, -0.2) is 17.7 Å². The Bertz CT molecular complexity index is 1010. The van der Waals surface area contributed by atoms with Gasteiger partial charge in [-0.15, -0.1) is 5.73 Å². The molecular formula is C26H28O4. The van der Waals surface area contributed by atoms with E-state index < -0.39 is 0 Å². The molecule has 2 aromatic rings. The summed E-state index contributed by atoms with van der Waals surface area (Å²) in [6.07, 6.45) is 9.37. The van der Waals surface area contributed by atoms with Crippen molar-refractivity contribution < 1.29 is 19.1 Å². The van der Waals surface area contributed by atoms with E-state index >= 15 is 0 Å². The number of carbonyl (C=O) groups is 1. The van der Waals surface area contributed by atoms with E-state index in [0.29, 0.717) is 18.8 Å². The second-order valence-corrected chi connectivity index (χ2v) is 8.13. The predicted molar refractivity (Wildman–Crippen MR) is 117 cm³/mol. The molecule has 0 fully saturated rings. The molecule has 0 radical (unpaired) electrons. The lowest BCUT2D eigenvalue weighted by Crippen LogP contribution is -2.35. The molecule has 4 rings (SSSR count). The van der Waals surface area contributed by atoms with Crippen LogP contribution >= 0.6 is 0 Å². The van der Waals surface area contributed by atoms with Crippen LogP contribution in [0.25, 0.3) is 12.2 Å². The number of hydrogen-bond acceptors (Lipinski definition) is 4. The Hall–Kier alpha value is -2.97. The molecule has 0 amide bonds. The molecule has 0 bridgehead atoms. The molecule has 0 saturated carbocycles. The molecule has 156 valence electrons. The Kier molecular flexibility index (Phi) is 5.96. The first-order valence-electron chi connectivity index (χ1n) is 10.8. The van der Waals surface area contributed by atoms with Crippen LogP contribution < -0.4 is 0 Å². The van der Waals surface area contributed by atoms with Gasteiger partial charge in [0.1, 0.15) is 5.76 Å². The Labute approximate surface area is 177 Å². The van der Waals surface area contributed by atoms with Gasteiger partial charge in [0, 0.05) is 24.0 Å². The first kappa shape index (κ1) is 20.3. The fourth-order valence-electron chi connectivity index (χ4n) is 4.76. The highest BCUT2D eigenvalue weighted by Gasteiger charge is 2.45. The normalized spacial score (nSPS) is 22.6. The summed E-state index contributed by atoms with van der Waals surface area (Å²) < 4.78 is 11.5. The molecule has 4 heteroatoms. The zero-order chi connectivity index (χ0) is 21.1. The summed E-state index contributed by atoms with van der Waals surface area (Å²) in [5, 5.41) is 11.1. The van der Waals surface area contributed by atoms with Crippen LogP contribution in [0.4, 0.5) is 0 Å². The molecule has 3 unspecified atom stereocenters. The van der Waals surface area contributed by atoms with Crippen LogP contribution in [0.5, 0.6) is 5.75 Å². The molecule has 1 aromatic heterocycles. The average Bonchev–Trinajstić information content (AvgIpc) is 3.37. The van der Waals surface area contributed by atoms with Crippen molar-refractivity contribution in [3.05, 3.63) is 70.4 Å². The minimum Gasteiger partial charge on any atom is -0.504 e. The van der Waals surface area contributed by atoms with Gasteiger partial charge in [-0.05, 0) is 43.7 Å². The van der Waals surface area contributed by atoms with Gasteiger partial charge < -0.3 is 14.3 Å². The van der Waals surface area contributed by atoms with Gasteiger partial charge in [0.2, 0.25) is 0 Å². The average molecular weight is 405 g/mol. The SMILES string of the molecule is CCOC(=O)C1C(C)Cc2oc(C=C=Cc3ccccc3)c(O)c2C1C1=CCCC1. The largest absolute Gasteiger partial charge is 0.504 e. The van der Waals surface area contributed by atoms with E-state index in [4.69, 9.17) is 9.15 Å². The van der Waals surface area contributed by atoms with Crippen LogP contribution in [0.3, 0.4) is 0 Å². The van der Waals surface area contributed by atoms with Gasteiger partial charge in [-0.1, -0.05) is 48.9 Å². The van der Waals surface area contributed by atoms with Gasteiger partial charge in [0.15, 0.2) is 11.5 Å². The van der Waals surface area contributed by atoms with Gasteiger partial charge in [0.25, 0.3) is 0 Å². The lowest BCUT2D eigenvalue weighted by atomic mass is 9.68. The first-order chi connectivity index (χ1) is 14.6. The highest BCUT2D eigenvalue weighted by atomic mass is 16.5. The van der Waals surface area contributed by atoms with Gasteiger partial charge >= 0.3 is 5.97 Å². The first-order valence-corrected chi connectivity index (χ1v) is 10.8. The van der Waals surface area contributed by atoms with E-state index in [9.17, 15) is 9.90 Å². The minimum absolute atomic E-state index is 0.0743. The van der Waals surface area contributed by atoms with Crippen molar-refractivity contribution in [3.8, 4) is 5.75 Å². The molecule has 0 aliphatic heterocycles. The number of esters is 1. The number of benzene rings is 1. The molecule has 1 N–H and O–H groups in total. The van der Waals surface area contributed by atoms with Gasteiger partial charge in [-0.2, -0.15) is 0 Å². The molecule has 30 heavy (non-hydrogen) atoms. The van der Waals surface area contributed by atoms with Crippen LogP contribution in [0.1, 0.15) is 61.7 Å². The molecule has 1 aromatic carbocycles. The van der Waals surface area contributed by atoms with Crippen molar-refractivity contribution in [2.75, 3.05) is 6.61 Å². The molecule has 1 heterocycles. The summed E-state index contributed by atoms with van der Waals surface area (Å²) in [5.41, 5.74) is 6.10. The zero-order valence-corrected chi connectivity index (χ0v) is 17.6. The fourth-order valence-corrected chi connectivity index (χ4v) is 4.76. The maximum atomic E-state index is 12.8. The van der Waals surface area contributed by atoms with Gasteiger partial charge in [0.05, 0.1) is 12.5 Å². The molecule has 4 nitrogen and oxygen atoms in total. The van der Waals surface area contributed by atoms with E-state index in [1.54, 1.807) is 6.08 Å². The number of furan rings is 1. The van der Waals surface area contributed by atoms with Crippen LogP contribution in [-0.2, 0) is 16.0 Å². The van der Waals surface area contributed by atoms with Crippen molar-refractivity contribution >= 4 is 18.1 Å². The van der Waals surface area contributed by atoms with Crippen molar-refractivity contribution in [1.82, 2.24) is 0 Å². The number of fused-ring (bicyclic) bond motifs is 1. The monoisotopic (exact) mass is 404 g/mol. The van der Waals surface area contributed by atoms with E-state index in [2.05, 4.69) is 18.7 Å². The fraction of sp³-hybridized carbons (Fsp3) is 0.385. The predicted octanol–water partition coefficient (Wildman–Crippen LogP) is 5.88. The van der Waals surface area contributed by atoms with E-state index in [1.807, 2.05) is 43.3 Å². The van der Waals surface area contributed by atoms with Crippen molar-refractivity contribution in [2.24, 2.45) is 11.8 Å². The quantitative estimate of drug-likeness (QED) is 0.384.